The Labute approximate surface area is 181 Å². The number of carbonyl (C=O) groups is 1. The Balaban J connectivity index is 1.40. The number of aromatic nitrogens is 2. The van der Waals surface area contributed by atoms with Crippen LogP contribution in [0.4, 0.5) is 5.69 Å². The molecule has 3 aromatic rings. The van der Waals surface area contributed by atoms with E-state index in [-0.39, 0.29) is 23.7 Å². The summed E-state index contributed by atoms with van der Waals surface area (Å²) in [5, 5.41) is 17.5. The standard InChI is InChI=1S/C24H30N4O3/c1-3-21(29)26-17-7-4-6-16(14-17)11-10-15(2)25-20-12-13-28-22-18(23(20)30)8-5-9-19(22)27-24(28)31/h4-9,14-15,20,23,25,30H,3,10-13H2,1-2H3,(H,26,29)(H,27,31). The van der Waals surface area contributed by atoms with E-state index in [9.17, 15) is 14.7 Å². The normalized spacial score (nSPS) is 19.2. The molecule has 1 aliphatic rings. The summed E-state index contributed by atoms with van der Waals surface area (Å²) in [5.41, 5.74) is 4.23. The SMILES string of the molecule is CCC(=O)Nc1cccc(CCC(C)NC2CCn3c(=O)[nH]c4cccc(c43)C2O)c1. The maximum atomic E-state index is 12.3. The Morgan fingerprint density at radius 1 is 1.29 bits per heavy atom. The van der Waals surface area contributed by atoms with E-state index in [2.05, 4.69) is 28.6 Å². The van der Waals surface area contributed by atoms with Gasteiger partial charge in [0.1, 0.15) is 0 Å². The number of amides is 1. The molecule has 0 aliphatic carbocycles. The number of aliphatic hydroxyl groups excluding tert-OH is 1. The number of aromatic amines is 1. The fourth-order valence-electron chi connectivity index (χ4n) is 4.40. The third-order valence-corrected chi connectivity index (χ3v) is 6.08. The molecule has 164 valence electrons. The number of nitrogens with zero attached hydrogens (tertiary/aromatic N) is 1. The average molecular weight is 423 g/mol. The van der Waals surface area contributed by atoms with E-state index >= 15 is 0 Å². The number of benzene rings is 2. The lowest BCUT2D eigenvalue weighted by Gasteiger charge is -2.26. The summed E-state index contributed by atoms with van der Waals surface area (Å²) in [6, 6.07) is 13.6. The summed E-state index contributed by atoms with van der Waals surface area (Å²) in [7, 11) is 0. The molecule has 4 N–H and O–H groups in total. The number of rotatable bonds is 7. The highest BCUT2D eigenvalue weighted by molar-refractivity contribution is 5.90. The lowest BCUT2D eigenvalue weighted by atomic mass is 9.98. The Hall–Kier alpha value is -2.90. The number of aliphatic hydroxyl groups is 1. The van der Waals surface area contributed by atoms with Gasteiger partial charge >= 0.3 is 5.69 Å². The van der Waals surface area contributed by atoms with Gasteiger partial charge in [-0.1, -0.05) is 31.2 Å². The second-order valence-corrected chi connectivity index (χ2v) is 8.37. The first kappa shape index (κ1) is 21.3. The van der Waals surface area contributed by atoms with Gasteiger partial charge < -0.3 is 20.7 Å². The lowest BCUT2D eigenvalue weighted by molar-refractivity contribution is -0.115. The number of H-pyrrole nitrogens is 1. The fraction of sp³-hybridized carbons (Fsp3) is 0.417. The van der Waals surface area contributed by atoms with Crippen molar-refractivity contribution < 1.29 is 9.90 Å². The second-order valence-electron chi connectivity index (χ2n) is 8.37. The lowest BCUT2D eigenvalue weighted by Crippen LogP contribution is -2.41. The van der Waals surface area contributed by atoms with Gasteiger partial charge in [0.2, 0.25) is 5.91 Å². The largest absolute Gasteiger partial charge is 0.387 e. The summed E-state index contributed by atoms with van der Waals surface area (Å²) in [6.45, 7) is 4.52. The highest BCUT2D eigenvalue weighted by Crippen LogP contribution is 2.30. The third kappa shape index (κ3) is 4.57. The van der Waals surface area contributed by atoms with Crippen molar-refractivity contribution in [1.29, 1.82) is 0 Å². The van der Waals surface area contributed by atoms with Crippen LogP contribution in [-0.2, 0) is 17.8 Å². The molecule has 7 heteroatoms. The minimum atomic E-state index is -0.678. The molecule has 1 aromatic heterocycles. The van der Waals surface area contributed by atoms with Crippen LogP contribution in [0.5, 0.6) is 0 Å². The molecular formula is C24H30N4O3. The Morgan fingerprint density at radius 2 is 2.10 bits per heavy atom. The van der Waals surface area contributed by atoms with Crippen LogP contribution in [0.15, 0.2) is 47.3 Å². The van der Waals surface area contributed by atoms with Crippen molar-refractivity contribution >= 4 is 22.6 Å². The van der Waals surface area contributed by atoms with E-state index in [1.54, 1.807) is 4.57 Å². The molecule has 7 nitrogen and oxygen atoms in total. The highest BCUT2D eigenvalue weighted by atomic mass is 16.3. The van der Waals surface area contributed by atoms with Crippen molar-refractivity contribution in [1.82, 2.24) is 14.9 Å². The fourth-order valence-corrected chi connectivity index (χ4v) is 4.40. The van der Waals surface area contributed by atoms with Crippen LogP contribution in [0.25, 0.3) is 11.0 Å². The molecule has 2 aromatic carbocycles. The predicted octanol–water partition coefficient (Wildman–Crippen LogP) is 3.09. The number of para-hydroxylation sites is 1. The van der Waals surface area contributed by atoms with Gasteiger partial charge in [0.05, 0.1) is 17.1 Å². The summed E-state index contributed by atoms with van der Waals surface area (Å²) in [6.07, 6.45) is 2.21. The monoisotopic (exact) mass is 422 g/mol. The highest BCUT2D eigenvalue weighted by Gasteiger charge is 2.29. The van der Waals surface area contributed by atoms with Crippen molar-refractivity contribution in [3.8, 4) is 0 Å². The minimum absolute atomic E-state index is 0.00820. The van der Waals surface area contributed by atoms with Gasteiger partial charge in [-0.05, 0) is 49.9 Å². The first-order valence-electron chi connectivity index (χ1n) is 11.0. The molecule has 4 rings (SSSR count). The van der Waals surface area contributed by atoms with Crippen molar-refractivity contribution in [3.63, 3.8) is 0 Å². The average Bonchev–Trinajstić information content (AvgIpc) is 3.02. The van der Waals surface area contributed by atoms with Gasteiger partial charge in [0, 0.05) is 36.3 Å². The number of aryl methyl sites for hydroxylation is 2. The molecule has 0 radical (unpaired) electrons. The zero-order valence-electron chi connectivity index (χ0n) is 18.0. The van der Waals surface area contributed by atoms with Gasteiger partial charge in [0.25, 0.3) is 0 Å². The summed E-state index contributed by atoms with van der Waals surface area (Å²) >= 11 is 0. The zero-order chi connectivity index (χ0) is 22.0. The zero-order valence-corrected chi connectivity index (χ0v) is 18.0. The number of nitrogens with one attached hydrogen (secondary N) is 3. The summed E-state index contributed by atoms with van der Waals surface area (Å²) < 4.78 is 1.73. The maximum Gasteiger partial charge on any atom is 0.326 e. The van der Waals surface area contributed by atoms with Crippen molar-refractivity contribution in [3.05, 3.63) is 64.1 Å². The molecule has 1 aliphatic heterocycles. The molecule has 0 saturated carbocycles. The first-order chi connectivity index (χ1) is 15.0. The topological polar surface area (TPSA) is 99.2 Å². The van der Waals surface area contributed by atoms with Gasteiger partial charge in [-0.2, -0.15) is 0 Å². The third-order valence-electron chi connectivity index (χ3n) is 6.08. The molecular weight excluding hydrogens is 392 g/mol. The minimum Gasteiger partial charge on any atom is -0.387 e. The van der Waals surface area contributed by atoms with Crippen LogP contribution in [0.3, 0.4) is 0 Å². The number of hydrogen-bond acceptors (Lipinski definition) is 4. The molecule has 3 unspecified atom stereocenters. The first-order valence-corrected chi connectivity index (χ1v) is 11.0. The number of imidazole rings is 1. The Bertz CT molecular complexity index is 1130. The summed E-state index contributed by atoms with van der Waals surface area (Å²) in [4.78, 5) is 26.8. The van der Waals surface area contributed by atoms with E-state index < -0.39 is 6.10 Å². The number of hydrogen-bond donors (Lipinski definition) is 4. The number of carbonyl (C=O) groups excluding carboxylic acids is 1. The van der Waals surface area contributed by atoms with Crippen LogP contribution < -0.4 is 16.3 Å². The maximum absolute atomic E-state index is 12.3. The number of anilines is 1. The molecule has 0 spiro atoms. The van der Waals surface area contributed by atoms with E-state index in [1.165, 1.54) is 0 Å². The van der Waals surface area contributed by atoms with Crippen LogP contribution in [0, 0.1) is 0 Å². The van der Waals surface area contributed by atoms with Gasteiger partial charge in [-0.3, -0.25) is 9.36 Å². The molecule has 31 heavy (non-hydrogen) atoms. The molecule has 0 bridgehead atoms. The quantitative estimate of drug-likeness (QED) is 0.470. The molecule has 3 atom stereocenters. The van der Waals surface area contributed by atoms with Crippen molar-refractivity contribution in [2.75, 3.05) is 5.32 Å². The van der Waals surface area contributed by atoms with Crippen molar-refractivity contribution in [2.24, 2.45) is 0 Å². The molecule has 2 heterocycles. The van der Waals surface area contributed by atoms with Crippen LogP contribution in [-0.4, -0.2) is 32.6 Å². The van der Waals surface area contributed by atoms with E-state index in [1.807, 2.05) is 43.3 Å². The molecule has 0 saturated heterocycles. The van der Waals surface area contributed by atoms with Crippen LogP contribution >= 0.6 is 0 Å². The van der Waals surface area contributed by atoms with Gasteiger partial charge in [-0.25, -0.2) is 4.79 Å². The van der Waals surface area contributed by atoms with Crippen molar-refractivity contribution in [2.45, 2.75) is 64.3 Å². The van der Waals surface area contributed by atoms with E-state index in [0.717, 1.165) is 40.7 Å². The Morgan fingerprint density at radius 3 is 2.90 bits per heavy atom. The predicted molar refractivity (Wildman–Crippen MR) is 122 cm³/mol. The molecule has 0 fully saturated rings. The van der Waals surface area contributed by atoms with Crippen LogP contribution in [0.1, 0.15) is 50.3 Å². The second kappa shape index (κ2) is 9.08. The summed E-state index contributed by atoms with van der Waals surface area (Å²) in [5.74, 6) is 0.00820. The Kier molecular flexibility index (Phi) is 6.25. The van der Waals surface area contributed by atoms with Gasteiger partial charge in [-0.15, -0.1) is 0 Å². The van der Waals surface area contributed by atoms with E-state index in [0.29, 0.717) is 19.4 Å². The smallest absolute Gasteiger partial charge is 0.326 e. The molecule has 1 amide bonds. The van der Waals surface area contributed by atoms with Gasteiger partial charge in [0.15, 0.2) is 0 Å². The van der Waals surface area contributed by atoms with E-state index in [4.69, 9.17) is 0 Å². The van der Waals surface area contributed by atoms with Crippen LogP contribution in [0.2, 0.25) is 0 Å².